The van der Waals surface area contributed by atoms with E-state index in [9.17, 15) is 22.8 Å². The van der Waals surface area contributed by atoms with Gasteiger partial charge in [0.15, 0.2) is 11.6 Å². The van der Waals surface area contributed by atoms with Crippen molar-refractivity contribution < 1.29 is 27.9 Å². The first-order valence-corrected chi connectivity index (χ1v) is 6.79. The van der Waals surface area contributed by atoms with Gasteiger partial charge < -0.3 is 15.7 Å². The van der Waals surface area contributed by atoms with E-state index >= 15 is 0 Å². The molecule has 1 aliphatic rings. The van der Waals surface area contributed by atoms with Crippen molar-refractivity contribution in [2.24, 2.45) is 5.92 Å². The minimum Gasteiger partial charge on any atom is -0.396 e. The molecule has 0 saturated heterocycles. The van der Waals surface area contributed by atoms with Gasteiger partial charge in [0.05, 0.1) is 0 Å². The summed E-state index contributed by atoms with van der Waals surface area (Å²) in [6, 6.07) is 0.441. The first-order valence-electron chi connectivity index (χ1n) is 6.79. The van der Waals surface area contributed by atoms with Crippen molar-refractivity contribution in [3.8, 4) is 0 Å². The molecule has 1 fully saturated rings. The van der Waals surface area contributed by atoms with E-state index in [-0.39, 0.29) is 18.6 Å². The van der Waals surface area contributed by atoms with Crippen molar-refractivity contribution >= 4 is 17.5 Å². The zero-order chi connectivity index (χ0) is 16.3. The summed E-state index contributed by atoms with van der Waals surface area (Å²) in [6.07, 6.45) is 2.06. The fraction of sp³-hybridized carbons (Fsp3) is 0.429. The second-order valence-electron chi connectivity index (χ2n) is 5.13. The van der Waals surface area contributed by atoms with Crippen molar-refractivity contribution in [3.63, 3.8) is 0 Å². The van der Waals surface area contributed by atoms with E-state index in [4.69, 9.17) is 5.11 Å². The van der Waals surface area contributed by atoms with E-state index < -0.39 is 35.0 Å². The van der Waals surface area contributed by atoms with Crippen LogP contribution in [-0.2, 0) is 9.59 Å². The summed E-state index contributed by atoms with van der Waals surface area (Å²) in [5.41, 5.74) is -0.883. The zero-order valence-electron chi connectivity index (χ0n) is 11.5. The lowest BCUT2D eigenvalue weighted by molar-refractivity contribution is -0.136. The monoisotopic (exact) mass is 316 g/mol. The van der Waals surface area contributed by atoms with Crippen molar-refractivity contribution in [3.05, 3.63) is 29.6 Å². The van der Waals surface area contributed by atoms with E-state index in [1.165, 1.54) is 0 Å². The van der Waals surface area contributed by atoms with Gasteiger partial charge in [0, 0.05) is 24.8 Å². The van der Waals surface area contributed by atoms with Crippen molar-refractivity contribution in [2.45, 2.75) is 25.3 Å². The molecule has 0 bridgehead atoms. The van der Waals surface area contributed by atoms with Gasteiger partial charge in [-0.3, -0.25) is 9.59 Å². The predicted molar refractivity (Wildman–Crippen MR) is 71.3 cm³/mol. The molecule has 5 nitrogen and oxygen atoms in total. The highest BCUT2D eigenvalue weighted by molar-refractivity contribution is 6.39. The summed E-state index contributed by atoms with van der Waals surface area (Å²) in [4.78, 5) is 23.4. The maximum Gasteiger partial charge on any atom is 0.313 e. The van der Waals surface area contributed by atoms with E-state index in [2.05, 4.69) is 5.32 Å². The summed E-state index contributed by atoms with van der Waals surface area (Å²) >= 11 is 0. The average molecular weight is 316 g/mol. The maximum atomic E-state index is 13.4. The largest absolute Gasteiger partial charge is 0.396 e. The fourth-order valence-corrected chi connectivity index (χ4v) is 2.13. The molecule has 1 aromatic carbocycles. The van der Waals surface area contributed by atoms with Gasteiger partial charge in [0.25, 0.3) is 0 Å². The first-order chi connectivity index (χ1) is 10.4. The van der Waals surface area contributed by atoms with Crippen LogP contribution in [0.4, 0.5) is 18.9 Å². The highest BCUT2D eigenvalue weighted by atomic mass is 19.1. The van der Waals surface area contributed by atoms with E-state index in [1.807, 2.05) is 0 Å². The van der Waals surface area contributed by atoms with Gasteiger partial charge in [-0.15, -0.1) is 0 Å². The number of hydrogen-bond donors (Lipinski definition) is 3. The average Bonchev–Trinajstić information content (AvgIpc) is 3.26. The highest BCUT2D eigenvalue weighted by Crippen LogP contribution is 2.33. The number of benzene rings is 1. The predicted octanol–water partition coefficient (Wildman–Crippen LogP) is 1.32. The van der Waals surface area contributed by atoms with Crippen molar-refractivity contribution in [2.75, 3.05) is 11.9 Å². The molecule has 1 aliphatic carbocycles. The number of amides is 2. The third kappa shape index (κ3) is 3.97. The Kier molecular flexibility index (Phi) is 5.02. The molecule has 2 amide bonds. The molecule has 0 spiro atoms. The van der Waals surface area contributed by atoms with Crippen LogP contribution in [0.1, 0.15) is 19.3 Å². The van der Waals surface area contributed by atoms with Crippen molar-refractivity contribution in [1.29, 1.82) is 0 Å². The van der Waals surface area contributed by atoms with Crippen LogP contribution in [-0.4, -0.2) is 29.6 Å². The molecule has 1 unspecified atom stereocenters. The molecule has 0 aliphatic heterocycles. The Hall–Kier alpha value is -2.09. The number of aliphatic hydroxyl groups is 1. The van der Waals surface area contributed by atoms with Crippen LogP contribution < -0.4 is 10.6 Å². The van der Waals surface area contributed by atoms with Gasteiger partial charge in [-0.2, -0.15) is 0 Å². The highest BCUT2D eigenvalue weighted by Gasteiger charge is 2.33. The SMILES string of the molecule is O=C(Nc1c(F)cc(F)cc1F)C(=O)NC(CCO)C1CC1. The van der Waals surface area contributed by atoms with Crippen LogP contribution in [0.5, 0.6) is 0 Å². The molecule has 22 heavy (non-hydrogen) atoms. The Balaban J connectivity index is 2.01. The molecule has 120 valence electrons. The normalized spacial score (nSPS) is 15.3. The number of aliphatic hydroxyl groups excluding tert-OH is 1. The number of rotatable bonds is 5. The van der Waals surface area contributed by atoms with Crippen LogP contribution in [0, 0.1) is 23.4 Å². The lowest BCUT2D eigenvalue weighted by Crippen LogP contribution is -2.43. The molecule has 1 atom stereocenters. The zero-order valence-corrected chi connectivity index (χ0v) is 11.5. The molecule has 2 rings (SSSR count). The summed E-state index contributed by atoms with van der Waals surface area (Å²) in [5, 5.41) is 13.1. The molecule has 1 saturated carbocycles. The van der Waals surface area contributed by atoms with Gasteiger partial charge in [0.2, 0.25) is 0 Å². The van der Waals surface area contributed by atoms with Crippen LogP contribution >= 0.6 is 0 Å². The number of halogens is 3. The standard InChI is InChI=1S/C14H15F3N2O3/c15-8-5-9(16)12(10(17)6-8)19-14(22)13(21)18-11(3-4-20)7-1-2-7/h5-7,11,20H,1-4H2,(H,18,21)(H,19,22). The lowest BCUT2D eigenvalue weighted by Gasteiger charge is -2.16. The number of carbonyl (C=O) groups is 2. The number of nitrogens with one attached hydrogen (secondary N) is 2. The van der Waals surface area contributed by atoms with Crippen LogP contribution in [0.2, 0.25) is 0 Å². The fourth-order valence-electron chi connectivity index (χ4n) is 2.13. The van der Waals surface area contributed by atoms with Gasteiger partial charge in [-0.25, -0.2) is 13.2 Å². The molecule has 0 radical (unpaired) electrons. The Bertz CT molecular complexity index is 568. The Morgan fingerprint density at radius 1 is 1.18 bits per heavy atom. The van der Waals surface area contributed by atoms with Crippen molar-refractivity contribution in [1.82, 2.24) is 5.32 Å². The second kappa shape index (κ2) is 6.78. The van der Waals surface area contributed by atoms with Gasteiger partial charge in [-0.1, -0.05) is 0 Å². The number of carbonyl (C=O) groups excluding carboxylic acids is 2. The summed E-state index contributed by atoms with van der Waals surface area (Å²) in [7, 11) is 0. The number of anilines is 1. The van der Waals surface area contributed by atoms with E-state index in [0.29, 0.717) is 18.6 Å². The van der Waals surface area contributed by atoms with E-state index in [0.717, 1.165) is 12.8 Å². The summed E-state index contributed by atoms with van der Waals surface area (Å²) in [6.45, 7) is -0.149. The molecule has 0 heterocycles. The Labute approximate surface area is 124 Å². The molecule has 8 heteroatoms. The molecule has 1 aromatic rings. The Morgan fingerprint density at radius 2 is 1.77 bits per heavy atom. The molecule has 0 aromatic heterocycles. The lowest BCUT2D eigenvalue weighted by atomic mass is 10.1. The molecular weight excluding hydrogens is 301 g/mol. The maximum absolute atomic E-state index is 13.4. The van der Waals surface area contributed by atoms with Crippen LogP contribution in [0.25, 0.3) is 0 Å². The Morgan fingerprint density at radius 3 is 2.27 bits per heavy atom. The minimum absolute atomic E-state index is 0.149. The molecule has 3 N–H and O–H groups in total. The minimum atomic E-state index is -1.31. The number of hydrogen-bond acceptors (Lipinski definition) is 3. The van der Waals surface area contributed by atoms with Crippen LogP contribution in [0.15, 0.2) is 12.1 Å². The van der Waals surface area contributed by atoms with Gasteiger partial charge in [-0.05, 0) is 25.2 Å². The smallest absolute Gasteiger partial charge is 0.313 e. The van der Waals surface area contributed by atoms with Gasteiger partial charge >= 0.3 is 11.8 Å². The second-order valence-corrected chi connectivity index (χ2v) is 5.13. The summed E-state index contributed by atoms with van der Waals surface area (Å²) < 4.78 is 39.6. The third-order valence-electron chi connectivity index (χ3n) is 3.40. The molecular formula is C14H15F3N2O3. The first kappa shape index (κ1) is 16.3. The topological polar surface area (TPSA) is 78.4 Å². The van der Waals surface area contributed by atoms with E-state index in [1.54, 1.807) is 5.32 Å². The summed E-state index contributed by atoms with van der Waals surface area (Å²) in [5.74, 6) is -5.88. The van der Waals surface area contributed by atoms with Gasteiger partial charge in [0.1, 0.15) is 11.5 Å². The quantitative estimate of drug-likeness (QED) is 0.717. The van der Waals surface area contributed by atoms with Crippen LogP contribution in [0.3, 0.4) is 0 Å². The third-order valence-corrected chi connectivity index (χ3v) is 3.40.